The molecule has 0 saturated carbocycles. The van der Waals surface area contributed by atoms with E-state index in [-0.39, 0.29) is 25.5 Å². The van der Waals surface area contributed by atoms with Crippen molar-refractivity contribution in [3.05, 3.63) is 33.9 Å². The quantitative estimate of drug-likeness (QED) is 0.249. The van der Waals surface area contributed by atoms with Crippen molar-refractivity contribution in [1.82, 2.24) is 20.0 Å². The summed E-state index contributed by atoms with van der Waals surface area (Å²) in [5, 5.41) is 13.9. The average Bonchev–Trinajstić information content (AvgIpc) is 2.81. The van der Waals surface area contributed by atoms with Crippen molar-refractivity contribution in [3.63, 3.8) is 0 Å². The normalized spacial score (nSPS) is 16.0. The molecular weight excluding hydrogens is 471 g/mol. The summed E-state index contributed by atoms with van der Waals surface area (Å²) in [6.45, 7) is 8.38. The highest BCUT2D eigenvalue weighted by atomic mass is 19.4. The van der Waals surface area contributed by atoms with E-state index in [0.717, 1.165) is 6.20 Å². The minimum absolute atomic E-state index is 0.0473. The van der Waals surface area contributed by atoms with Gasteiger partial charge in [0.05, 0.1) is 31.9 Å². The van der Waals surface area contributed by atoms with Gasteiger partial charge >= 0.3 is 6.18 Å². The monoisotopic (exact) mass is 497 g/mol. The number of rotatable bonds is 8. The number of amides is 1. The zero-order valence-electron chi connectivity index (χ0n) is 19.3. The van der Waals surface area contributed by atoms with Crippen LogP contribution in [0.25, 0.3) is 0 Å². The third-order valence-electron chi connectivity index (χ3n) is 4.85. The second-order valence-electron chi connectivity index (χ2n) is 7.57. The number of aromatic nitrogens is 2. The maximum Gasteiger partial charge on any atom is 0.425 e. The van der Waals surface area contributed by atoms with Crippen LogP contribution in [0.2, 0.25) is 0 Å². The SMILES string of the molecule is C=NC(=N/C=C(\C)C#N)N1CCN(C(=O)CCOC[C@H](C)Oc2cn[nH]c(=O)c2C(F)(F)F)CC1. The zero-order chi connectivity index (χ0) is 26.0. The van der Waals surface area contributed by atoms with Gasteiger partial charge in [0, 0.05) is 38.0 Å². The summed E-state index contributed by atoms with van der Waals surface area (Å²) in [4.78, 5) is 35.4. The van der Waals surface area contributed by atoms with Crippen LogP contribution in [0.1, 0.15) is 25.8 Å². The first kappa shape index (κ1) is 27.5. The maximum absolute atomic E-state index is 13.1. The van der Waals surface area contributed by atoms with E-state index in [1.165, 1.54) is 13.1 Å². The highest BCUT2D eigenvalue weighted by Crippen LogP contribution is 2.33. The number of guanidine groups is 1. The van der Waals surface area contributed by atoms with Crippen LogP contribution >= 0.6 is 0 Å². The molecule has 14 heteroatoms. The number of ether oxygens (including phenoxy) is 2. The van der Waals surface area contributed by atoms with Crippen molar-refractivity contribution in [2.24, 2.45) is 9.98 Å². The second kappa shape index (κ2) is 12.7. The molecule has 1 N–H and O–H groups in total. The Balaban J connectivity index is 1.77. The summed E-state index contributed by atoms with van der Waals surface area (Å²) in [5.74, 6) is -0.462. The molecule has 190 valence electrons. The van der Waals surface area contributed by atoms with E-state index in [4.69, 9.17) is 14.7 Å². The van der Waals surface area contributed by atoms with E-state index in [0.29, 0.717) is 37.7 Å². The molecule has 2 rings (SSSR count). The Morgan fingerprint density at radius 2 is 2.03 bits per heavy atom. The van der Waals surface area contributed by atoms with Crippen molar-refractivity contribution in [2.75, 3.05) is 39.4 Å². The Hall–Kier alpha value is -3.73. The Kier molecular flexibility index (Phi) is 9.95. The lowest BCUT2D eigenvalue weighted by atomic mass is 10.2. The summed E-state index contributed by atoms with van der Waals surface area (Å²) in [5.41, 5.74) is -2.44. The van der Waals surface area contributed by atoms with Crippen LogP contribution in [-0.2, 0) is 15.7 Å². The van der Waals surface area contributed by atoms with Gasteiger partial charge in [-0.3, -0.25) is 9.59 Å². The van der Waals surface area contributed by atoms with Crippen LogP contribution in [0, 0.1) is 11.3 Å². The lowest BCUT2D eigenvalue weighted by Gasteiger charge is -2.35. The highest BCUT2D eigenvalue weighted by molar-refractivity contribution is 5.85. The molecule has 1 amide bonds. The van der Waals surface area contributed by atoms with E-state index in [1.807, 2.05) is 11.0 Å². The van der Waals surface area contributed by atoms with E-state index in [9.17, 15) is 22.8 Å². The fourth-order valence-electron chi connectivity index (χ4n) is 3.12. The van der Waals surface area contributed by atoms with Gasteiger partial charge < -0.3 is 19.3 Å². The first-order chi connectivity index (χ1) is 16.6. The number of nitrogens with one attached hydrogen (secondary N) is 1. The molecule has 0 aliphatic carbocycles. The number of aromatic amines is 1. The summed E-state index contributed by atoms with van der Waals surface area (Å²) in [7, 11) is 0. The average molecular weight is 497 g/mol. The number of aliphatic imine (C=N–C) groups is 2. The van der Waals surface area contributed by atoms with Gasteiger partial charge in [-0.2, -0.15) is 23.5 Å². The number of halogens is 3. The minimum atomic E-state index is -4.90. The second-order valence-corrected chi connectivity index (χ2v) is 7.57. The third kappa shape index (κ3) is 8.21. The Bertz CT molecular complexity index is 1050. The van der Waals surface area contributed by atoms with Crippen LogP contribution in [0.15, 0.2) is 32.7 Å². The Labute approximate surface area is 199 Å². The topological polar surface area (TPSA) is 136 Å². The van der Waals surface area contributed by atoms with Crippen molar-refractivity contribution in [2.45, 2.75) is 32.5 Å². The summed E-state index contributed by atoms with van der Waals surface area (Å²) in [6.07, 6.45) is -3.45. The molecule has 2 heterocycles. The molecule has 0 bridgehead atoms. The number of nitrogens with zero attached hydrogens (tertiary/aromatic N) is 6. The van der Waals surface area contributed by atoms with Gasteiger partial charge in [0.1, 0.15) is 6.10 Å². The molecule has 0 aromatic carbocycles. The smallest absolute Gasteiger partial charge is 0.425 e. The summed E-state index contributed by atoms with van der Waals surface area (Å²) < 4.78 is 49.8. The number of allylic oxidation sites excluding steroid dienone is 1. The van der Waals surface area contributed by atoms with Gasteiger partial charge in [-0.25, -0.2) is 15.1 Å². The molecule has 0 radical (unpaired) electrons. The van der Waals surface area contributed by atoms with E-state index in [2.05, 4.69) is 21.8 Å². The lowest BCUT2D eigenvalue weighted by molar-refractivity contribution is -0.141. The number of H-pyrrole nitrogens is 1. The Morgan fingerprint density at radius 1 is 1.37 bits per heavy atom. The van der Waals surface area contributed by atoms with E-state index in [1.54, 1.807) is 16.9 Å². The molecule has 1 aliphatic rings. The molecule has 1 fully saturated rings. The van der Waals surface area contributed by atoms with Gasteiger partial charge in [-0.1, -0.05) is 0 Å². The Morgan fingerprint density at radius 3 is 2.63 bits per heavy atom. The van der Waals surface area contributed by atoms with Crippen LogP contribution < -0.4 is 10.3 Å². The molecule has 1 aromatic heterocycles. The van der Waals surface area contributed by atoms with Gasteiger partial charge in [-0.05, 0) is 20.6 Å². The maximum atomic E-state index is 13.1. The van der Waals surface area contributed by atoms with E-state index < -0.39 is 29.2 Å². The van der Waals surface area contributed by atoms with Crippen molar-refractivity contribution in [3.8, 4) is 11.8 Å². The van der Waals surface area contributed by atoms with Crippen LogP contribution in [-0.4, -0.2) is 84.1 Å². The highest BCUT2D eigenvalue weighted by Gasteiger charge is 2.38. The van der Waals surface area contributed by atoms with Crippen LogP contribution in [0.5, 0.6) is 5.75 Å². The van der Waals surface area contributed by atoms with Crippen molar-refractivity contribution < 1.29 is 27.4 Å². The van der Waals surface area contributed by atoms with Gasteiger partial charge in [0.2, 0.25) is 11.9 Å². The molecule has 1 aliphatic heterocycles. The van der Waals surface area contributed by atoms with Crippen molar-refractivity contribution >= 4 is 18.6 Å². The third-order valence-corrected chi connectivity index (χ3v) is 4.85. The summed E-state index contributed by atoms with van der Waals surface area (Å²) in [6, 6.07) is 1.96. The molecule has 1 atom stereocenters. The number of carbonyl (C=O) groups excluding carboxylic acids is 1. The number of hydrogen-bond acceptors (Lipinski definition) is 7. The van der Waals surface area contributed by atoms with Gasteiger partial charge in [0.15, 0.2) is 11.3 Å². The molecule has 0 unspecified atom stereocenters. The molecule has 0 spiro atoms. The predicted octanol–water partition coefficient (Wildman–Crippen LogP) is 1.59. The molecule has 11 nitrogen and oxygen atoms in total. The molecule has 35 heavy (non-hydrogen) atoms. The standard InChI is InChI=1S/C21H26F3N7O4/c1-14(10-25)11-27-20(26-3)31-7-5-30(6-8-31)17(32)4-9-34-13-15(2)35-16-12-28-29-19(33)18(16)21(22,23)24/h11-12,15H,3-9,13H2,1-2H3,(H,29,33)/b14-11+,27-20?/t15-/m0/s1. The van der Waals surface area contributed by atoms with Gasteiger partial charge in [0.25, 0.3) is 5.56 Å². The first-order valence-corrected chi connectivity index (χ1v) is 10.6. The number of hydrogen-bond donors (Lipinski definition) is 1. The molecule has 1 saturated heterocycles. The number of nitriles is 1. The number of carbonyl (C=O) groups is 1. The van der Waals surface area contributed by atoms with Crippen LogP contribution in [0.3, 0.4) is 0 Å². The predicted molar refractivity (Wildman–Crippen MR) is 120 cm³/mol. The minimum Gasteiger partial charge on any atom is -0.486 e. The first-order valence-electron chi connectivity index (χ1n) is 10.6. The van der Waals surface area contributed by atoms with Gasteiger partial charge in [-0.15, -0.1) is 0 Å². The molecule has 1 aromatic rings. The zero-order valence-corrected chi connectivity index (χ0v) is 19.3. The van der Waals surface area contributed by atoms with Crippen LogP contribution in [0.4, 0.5) is 13.2 Å². The number of alkyl halides is 3. The largest absolute Gasteiger partial charge is 0.486 e. The fourth-order valence-corrected chi connectivity index (χ4v) is 3.12. The lowest BCUT2D eigenvalue weighted by Crippen LogP contribution is -2.50. The molecular formula is C21H26F3N7O4. The number of piperazine rings is 1. The van der Waals surface area contributed by atoms with E-state index >= 15 is 0 Å². The summed E-state index contributed by atoms with van der Waals surface area (Å²) >= 11 is 0. The van der Waals surface area contributed by atoms with Crippen molar-refractivity contribution in [1.29, 1.82) is 5.26 Å². The fraction of sp³-hybridized carbons (Fsp3) is 0.524.